The lowest BCUT2D eigenvalue weighted by atomic mass is 10.2. The second-order valence-corrected chi connectivity index (χ2v) is 7.34. The maximum absolute atomic E-state index is 12.0. The number of nitrogens with one attached hydrogen (secondary N) is 1. The van der Waals surface area contributed by atoms with Gasteiger partial charge in [0.1, 0.15) is 0 Å². The summed E-state index contributed by atoms with van der Waals surface area (Å²) < 4.78 is 23.0. The van der Waals surface area contributed by atoms with Gasteiger partial charge in [0, 0.05) is 11.6 Å². The second-order valence-electron chi connectivity index (χ2n) is 4.61. The molecule has 5 nitrogen and oxygen atoms in total. The molecule has 104 valence electrons. The number of carbonyl (C=O) groups excluding carboxylic acids is 1. The van der Waals surface area contributed by atoms with Crippen molar-refractivity contribution in [2.24, 2.45) is 11.1 Å². The summed E-state index contributed by atoms with van der Waals surface area (Å²) >= 11 is 8.95. The van der Waals surface area contributed by atoms with Crippen molar-refractivity contribution in [3.63, 3.8) is 0 Å². The number of hydrogen-bond acceptors (Lipinski definition) is 3. The number of hydrogen-bond donors (Lipinski definition) is 2. The molecule has 0 aliphatic heterocycles. The van der Waals surface area contributed by atoms with Gasteiger partial charge in [-0.1, -0.05) is 18.5 Å². The van der Waals surface area contributed by atoms with Gasteiger partial charge < -0.3 is 5.32 Å². The highest BCUT2D eigenvalue weighted by Gasteiger charge is 2.34. The van der Waals surface area contributed by atoms with Crippen molar-refractivity contribution in [3.8, 4) is 0 Å². The highest BCUT2D eigenvalue weighted by atomic mass is 79.9. The SMILES string of the molecule is CC1CC1NC(=O)c1cc(Cl)c(Br)c(S(N)(=O)=O)c1. The van der Waals surface area contributed by atoms with Gasteiger partial charge in [-0.05, 0) is 40.4 Å². The van der Waals surface area contributed by atoms with Crippen molar-refractivity contribution in [1.82, 2.24) is 5.32 Å². The molecule has 1 saturated carbocycles. The van der Waals surface area contributed by atoms with Gasteiger partial charge in [-0.2, -0.15) is 0 Å². The third-order valence-corrected chi connectivity index (χ3v) is 5.57. The zero-order valence-corrected chi connectivity index (χ0v) is 13.1. The smallest absolute Gasteiger partial charge is 0.251 e. The van der Waals surface area contributed by atoms with Crippen LogP contribution in [0.5, 0.6) is 0 Å². The fourth-order valence-corrected chi connectivity index (χ4v) is 3.51. The number of nitrogens with two attached hydrogens (primary N) is 1. The van der Waals surface area contributed by atoms with E-state index >= 15 is 0 Å². The average Bonchev–Trinajstić information content (AvgIpc) is 2.96. The van der Waals surface area contributed by atoms with E-state index in [1.165, 1.54) is 12.1 Å². The average molecular weight is 368 g/mol. The number of rotatable bonds is 3. The molecule has 0 spiro atoms. The Labute approximate surface area is 124 Å². The summed E-state index contributed by atoms with van der Waals surface area (Å²) in [6, 6.07) is 2.77. The van der Waals surface area contributed by atoms with Gasteiger partial charge in [0.2, 0.25) is 10.0 Å². The van der Waals surface area contributed by atoms with Gasteiger partial charge in [-0.25, -0.2) is 13.6 Å². The Morgan fingerprint density at radius 2 is 2.11 bits per heavy atom. The van der Waals surface area contributed by atoms with Gasteiger partial charge in [0.25, 0.3) is 5.91 Å². The van der Waals surface area contributed by atoms with Crippen LogP contribution in [0.4, 0.5) is 0 Å². The zero-order valence-electron chi connectivity index (χ0n) is 9.98. The van der Waals surface area contributed by atoms with E-state index in [4.69, 9.17) is 16.7 Å². The zero-order chi connectivity index (χ0) is 14.4. The van der Waals surface area contributed by atoms with Crippen LogP contribution in [0.1, 0.15) is 23.7 Å². The molecule has 3 N–H and O–H groups in total. The normalized spacial score (nSPS) is 22.1. The molecular weight excluding hydrogens is 356 g/mol. The molecule has 1 aromatic carbocycles. The molecule has 19 heavy (non-hydrogen) atoms. The van der Waals surface area contributed by atoms with Gasteiger partial charge in [-0.15, -0.1) is 0 Å². The fourth-order valence-electron chi connectivity index (χ4n) is 1.68. The number of sulfonamides is 1. The molecule has 0 saturated heterocycles. The highest BCUT2D eigenvalue weighted by Crippen LogP contribution is 2.32. The van der Waals surface area contributed by atoms with E-state index in [2.05, 4.69) is 21.2 Å². The maximum atomic E-state index is 12.0. The van der Waals surface area contributed by atoms with E-state index in [0.29, 0.717) is 5.92 Å². The van der Waals surface area contributed by atoms with Crippen LogP contribution in [-0.2, 0) is 10.0 Å². The quantitative estimate of drug-likeness (QED) is 0.855. The van der Waals surface area contributed by atoms with Crippen LogP contribution in [0.25, 0.3) is 0 Å². The summed E-state index contributed by atoms with van der Waals surface area (Å²) in [4.78, 5) is 11.8. The highest BCUT2D eigenvalue weighted by molar-refractivity contribution is 9.10. The second kappa shape index (κ2) is 5.05. The van der Waals surface area contributed by atoms with E-state index < -0.39 is 10.0 Å². The minimum Gasteiger partial charge on any atom is -0.349 e. The molecule has 1 aliphatic rings. The Morgan fingerprint density at radius 3 is 2.58 bits per heavy atom. The van der Waals surface area contributed by atoms with E-state index in [-0.39, 0.29) is 31.9 Å². The van der Waals surface area contributed by atoms with Gasteiger partial charge >= 0.3 is 0 Å². The van der Waals surface area contributed by atoms with Crippen molar-refractivity contribution in [3.05, 3.63) is 27.2 Å². The lowest BCUT2D eigenvalue weighted by Crippen LogP contribution is -2.27. The van der Waals surface area contributed by atoms with E-state index in [1.54, 1.807) is 0 Å². The molecule has 2 atom stereocenters. The molecule has 1 aromatic rings. The summed E-state index contributed by atoms with van der Waals surface area (Å²) in [6.07, 6.45) is 0.929. The number of benzene rings is 1. The Hall–Kier alpha value is -0.630. The molecule has 2 unspecified atom stereocenters. The molecule has 1 amide bonds. The molecular formula is C11H12BrClN2O3S. The third kappa shape index (κ3) is 3.28. The minimum atomic E-state index is -3.95. The molecule has 0 aromatic heterocycles. The number of amides is 1. The Bertz CT molecular complexity index is 648. The van der Waals surface area contributed by atoms with Crippen molar-refractivity contribution in [2.45, 2.75) is 24.3 Å². The van der Waals surface area contributed by atoms with Crippen LogP contribution < -0.4 is 10.5 Å². The predicted octanol–water partition coefficient (Wildman–Crippen LogP) is 1.89. The summed E-state index contributed by atoms with van der Waals surface area (Å²) in [5, 5.41) is 8.01. The summed E-state index contributed by atoms with van der Waals surface area (Å²) in [7, 11) is -3.95. The van der Waals surface area contributed by atoms with Crippen molar-refractivity contribution in [1.29, 1.82) is 0 Å². The van der Waals surface area contributed by atoms with Crippen LogP contribution >= 0.6 is 27.5 Å². The first-order chi connectivity index (χ1) is 8.70. The van der Waals surface area contributed by atoms with Crippen LogP contribution in [0.3, 0.4) is 0 Å². The van der Waals surface area contributed by atoms with Crippen molar-refractivity contribution < 1.29 is 13.2 Å². The van der Waals surface area contributed by atoms with Crippen molar-refractivity contribution >= 4 is 43.5 Å². The molecule has 0 heterocycles. The van der Waals surface area contributed by atoms with Crippen molar-refractivity contribution in [2.75, 3.05) is 0 Å². The Morgan fingerprint density at radius 1 is 1.53 bits per heavy atom. The standard InChI is InChI=1S/C11H12BrClN2O3S/c1-5-2-8(5)15-11(16)6-3-7(13)10(12)9(4-6)19(14,17)18/h3-5,8H,2H2,1H3,(H,15,16)(H2,14,17,18). The minimum absolute atomic E-state index is 0.125. The van der Waals surface area contributed by atoms with Gasteiger partial charge in [-0.3, -0.25) is 4.79 Å². The first kappa shape index (κ1) is 14.8. The molecule has 1 aliphatic carbocycles. The lowest BCUT2D eigenvalue weighted by molar-refractivity contribution is 0.0949. The van der Waals surface area contributed by atoms with Crippen LogP contribution in [0.2, 0.25) is 5.02 Å². The summed E-state index contributed by atoms with van der Waals surface area (Å²) in [5.74, 6) is 0.0984. The van der Waals surface area contributed by atoms with Crippen LogP contribution in [0.15, 0.2) is 21.5 Å². The largest absolute Gasteiger partial charge is 0.349 e. The van der Waals surface area contributed by atoms with Crippen LogP contribution in [-0.4, -0.2) is 20.4 Å². The van der Waals surface area contributed by atoms with Gasteiger partial charge in [0.05, 0.1) is 14.4 Å². The summed E-state index contributed by atoms with van der Waals surface area (Å²) in [5.41, 5.74) is 0.177. The number of primary sulfonamides is 1. The topological polar surface area (TPSA) is 89.3 Å². The monoisotopic (exact) mass is 366 g/mol. The number of carbonyl (C=O) groups is 1. The lowest BCUT2D eigenvalue weighted by Gasteiger charge is -2.09. The number of halogens is 2. The maximum Gasteiger partial charge on any atom is 0.251 e. The first-order valence-corrected chi connectivity index (χ1v) is 8.24. The van der Waals surface area contributed by atoms with E-state index in [9.17, 15) is 13.2 Å². The van der Waals surface area contributed by atoms with E-state index in [1.807, 2.05) is 6.92 Å². The molecule has 2 rings (SSSR count). The fraction of sp³-hybridized carbons (Fsp3) is 0.364. The Balaban J connectivity index is 2.36. The molecule has 1 fully saturated rings. The molecule has 0 bridgehead atoms. The van der Waals surface area contributed by atoms with E-state index in [0.717, 1.165) is 6.42 Å². The summed E-state index contributed by atoms with van der Waals surface area (Å²) in [6.45, 7) is 2.02. The molecule has 8 heteroatoms. The predicted molar refractivity (Wildman–Crippen MR) is 75.6 cm³/mol. The molecule has 0 radical (unpaired) electrons. The first-order valence-electron chi connectivity index (χ1n) is 5.53. The van der Waals surface area contributed by atoms with Gasteiger partial charge in [0.15, 0.2) is 0 Å². The van der Waals surface area contributed by atoms with Crippen LogP contribution in [0, 0.1) is 5.92 Å². The third-order valence-electron chi connectivity index (χ3n) is 2.99. The Kier molecular flexibility index (Phi) is 3.92.